The molecule has 0 saturated carbocycles. The molecule has 0 spiro atoms. The fourth-order valence-electron chi connectivity index (χ4n) is 2.59. The minimum Gasteiger partial charge on any atom is -0.346 e. The van der Waals surface area contributed by atoms with E-state index in [0.717, 1.165) is 5.39 Å². The number of benzene rings is 1. The van der Waals surface area contributed by atoms with E-state index in [-0.39, 0.29) is 31.4 Å². The molecule has 6 nitrogen and oxygen atoms in total. The number of para-hydroxylation sites is 1. The van der Waals surface area contributed by atoms with Gasteiger partial charge in [0.05, 0.1) is 30.3 Å². The standard InChI is InChI=1S/C16H16F2N4O2.2ClH/c17-16(18)7-12(21-9-16)15(24)20-8-13(23)22-11-5-1-3-10-4-2-6-19-14(10)11;;/h1-6,12,21H,7-9H2,(H,20,24)(H,22,23);2*1H. The van der Waals surface area contributed by atoms with Gasteiger partial charge in [-0.1, -0.05) is 18.2 Å². The van der Waals surface area contributed by atoms with Crippen LogP contribution in [0.1, 0.15) is 6.42 Å². The molecule has 1 aliphatic rings. The van der Waals surface area contributed by atoms with E-state index in [1.54, 1.807) is 24.4 Å². The lowest BCUT2D eigenvalue weighted by Gasteiger charge is -2.12. The molecular formula is C16H18Cl2F2N4O2. The largest absolute Gasteiger partial charge is 0.346 e. The number of anilines is 1. The van der Waals surface area contributed by atoms with Gasteiger partial charge in [0.15, 0.2) is 0 Å². The zero-order chi connectivity index (χ0) is 17.2. The van der Waals surface area contributed by atoms with Gasteiger partial charge in [-0.3, -0.25) is 19.9 Å². The number of hydrogen-bond donors (Lipinski definition) is 3. The first-order valence-electron chi connectivity index (χ1n) is 7.47. The number of fused-ring (bicyclic) bond motifs is 1. The molecule has 1 unspecified atom stereocenters. The van der Waals surface area contributed by atoms with Crippen LogP contribution < -0.4 is 16.0 Å². The molecule has 142 valence electrons. The summed E-state index contributed by atoms with van der Waals surface area (Å²) in [5.74, 6) is -3.96. The van der Waals surface area contributed by atoms with Crippen LogP contribution in [0.3, 0.4) is 0 Å². The Bertz CT molecular complexity index is 786. The van der Waals surface area contributed by atoms with Crippen molar-refractivity contribution >= 4 is 53.2 Å². The van der Waals surface area contributed by atoms with Crippen molar-refractivity contribution in [1.82, 2.24) is 15.6 Å². The average Bonchev–Trinajstić information content (AvgIpc) is 2.93. The quantitative estimate of drug-likeness (QED) is 0.726. The fraction of sp³-hybridized carbons (Fsp3) is 0.312. The molecule has 2 heterocycles. The van der Waals surface area contributed by atoms with Gasteiger partial charge in [0.1, 0.15) is 0 Å². The molecule has 1 fully saturated rings. The van der Waals surface area contributed by atoms with Crippen LogP contribution in [0.5, 0.6) is 0 Å². The number of alkyl halides is 2. The number of carbonyl (C=O) groups is 2. The molecule has 0 radical (unpaired) electrons. The van der Waals surface area contributed by atoms with Crippen LogP contribution in [-0.4, -0.2) is 41.9 Å². The number of aromatic nitrogens is 1. The maximum absolute atomic E-state index is 13.1. The van der Waals surface area contributed by atoms with Crippen molar-refractivity contribution in [2.24, 2.45) is 0 Å². The number of nitrogens with one attached hydrogen (secondary N) is 3. The van der Waals surface area contributed by atoms with Gasteiger partial charge in [0.2, 0.25) is 11.8 Å². The Morgan fingerprint density at radius 1 is 1.23 bits per heavy atom. The molecule has 3 rings (SSSR count). The Morgan fingerprint density at radius 3 is 2.65 bits per heavy atom. The van der Waals surface area contributed by atoms with E-state index in [4.69, 9.17) is 0 Å². The van der Waals surface area contributed by atoms with Gasteiger partial charge in [-0.05, 0) is 12.1 Å². The Kier molecular flexibility index (Phi) is 7.68. The second-order valence-electron chi connectivity index (χ2n) is 5.64. The molecule has 1 aromatic carbocycles. The number of halogens is 4. The summed E-state index contributed by atoms with van der Waals surface area (Å²) in [6.45, 7) is -0.829. The highest BCUT2D eigenvalue weighted by atomic mass is 35.5. The van der Waals surface area contributed by atoms with E-state index in [2.05, 4.69) is 20.9 Å². The van der Waals surface area contributed by atoms with Crippen LogP contribution >= 0.6 is 24.8 Å². The van der Waals surface area contributed by atoms with Crippen molar-refractivity contribution in [2.75, 3.05) is 18.4 Å². The van der Waals surface area contributed by atoms with Crippen molar-refractivity contribution in [3.05, 3.63) is 36.5 Å². The summed E-state index contributed by atoms with van der Waals surface area (Å²) in [6.07, 6.45) is 1.05. The van der Waals surface area contributed by atoms with E-state index in [1.807, 2.05) is 12.1 Å². The molecule has 2 amide bonds. The lowest BCUT2D eigenvalue weighted by Crippen LogP contribution is -2.43. The molecule has 1 aromatic heterocycles. The molecule has 3 N–H and O–H groups in total. The summed E-state index contributed by atoms with van der Waals surface area (Å²) in [7, 11) is 0. The lowest BCUT2D eigenvalue weighted by molar-refractivity contribution is -0.125. The van der Waals surface area contributed by atoms with Gasteiger partial charge < -0.3 is 10.6 Å². The number of pyridine rings is 1. The number of amides is 2. The third-order valence-corrected chi connectivity index (χ3v) is 3.76. The predicted octanol–water partition coefficient (Wildman–Crippen LogP) is 2.13. The van der Waals surface area contributed by atoms with Crippen LogP contribution in [0.4, 0.5) is 14.5 Å². The van der Waals surface area contributed by atoms with E-state index in [0.29, 0.717) is 11.2 Å². The van der Waals surface area contributed by atoms with Gasteiger partial charge in [-0.15, -0.1) is 24.8 Å². The second kappa shape index (κ2) is 9.07. The summed E-state index contributed by atoms with van der Waals surface area (Å²) >= 11 is 0. The third kappa shape index (κ3) is 5.23. The Labute approximate surface area is 160 Å². The van der Waals surface area contributed by atoms with Gasteiger partial charge in [-0.2, -0.15) is 0 Å². The second-order valence-corrected chi connectivity index (χ2v) is 5.64. The summed E-state index contributed by atoms with van der Waals surface area (Å²) in [6, 6.07) is 8.03. The minimum absolute atomic E-state index is 0. The van der Waals surface area contributed by atoms with Crippen molar-refractivity contribution in [2.45, 2.75) is 18.4 Å². The summed E-state index contributed by atoms with van der Waals surface area (Å²) in [4.78, 5) is 28.0. The highest BCUT2D eigenvalue weighted by Crippen LogP contribution is 2.25. The third-order valence-electron chi connectivity index (χ3n) is 3.76. The van der Waals surface area contributed by atoms with Crippen molar-refractivity contribution in [1.29, 1.82) is 0 Å². The van der Waals surface area contributed by atoms with Gasteiger partial charge in [0, 0.05) is 18.0 Å². The van der Waals surface area contributed by atoms with Crippen molar-refractivity contribution in [3.8, 4) is 0 Å². The number of nitrogens with zero attached hydrogens (tertiary/aromatic N) is 1. The Balaban J connectivity index is 0.00000169. The van der Waals surface area contributed by atoms with E-state index in [1.165, 1.54) is 0 Å². The molecule has 26 heavy (non-hydrogen) atoms. The zero-order valence-corrected chi connectivity index (χ0v) is 15.1. The molecule has 1 saturated heterocycles. The van der Waals surface area contributed by atoms with E-state index in [9.17, 15) is 18.4 Å². The molecular weight excluding hydrogens is 389 g/mol. The van der Waals surface area contributed by atoms with Crippen LogP contribution in [-0.2, 0) is 9.59 Å². The summed E-state index contributed by atoms with van der Waals surface area (Å²) in [5, 5.41) is 8.34. The van der Waals surface area contributed by atoms with E-state index >= 15 is 0 Å². The maximum atomic E-state index is 13.1. The van der Waals surface area contributed by atoms with Gasteiger partial charge >= 0.3 is 0 Å². The molecule has 10 heteroatoms. The summed E-state index contributed by atoms with van der Waals surface area (Å²) in [5.41, 5.74) is 1.16. The number of carbonyl (C=O) groups excluding carboxylic acids is 2. The normalized spacial score (nSPS) is 17.7. The number of hydrogen-bond acceptors (Lipinski definition) is 4. The van der Waals surface area contributed by atoms with Crippen LogP contribution in [0.15, 0.2) is 36.5 Å². The Hall–Kier alpha value is -2.03. The first-order valence-corrected chi connectivity index (χ1v) is 7.47. The lowest BCUT2D eigenvalue weighted by atomic mass is 10.2. The van der Waals surface area contributed by atoms with E-state index < -0.39 is 36.7 Å². The van der Waals surface area contributed by atoms with Crippen LogP contribution in [0.2, 0.25) is 0 Å². The Morgan fingerprint density at radius 2 is 1.96 bits per heavy atom. The average molecular weight is 407 g/mol. The topological polar surface area (TPSA) is 83.1 Å². The summed E-state index contributed by atoms with van der Waals surface area (Å²) < 4.78 is 26.1. The predicted molar refractivity (Wildman–Crippen MR) is 99.2 cm³/mol. The van der Waals surface area contributed by atoms with Crippen molar-refractivity contribution < 1.29 is 18.4 Å². The zero-order valence-electron chi connectivity index (χ0n) is 13.5. The maximum Gasteiger partial charge on any atom is 0.262 e. The van der Waals surface area contributed by atoms with Gasteiger partial charge in [0.25, 0.3) is 5.92 Å². The highest BCUT2D eigenvalue weighted by Gasteiger charge is 2.42. The molecule has 1 aliphatic heterocycles. The molecule has 0 aliphatic carbocycles. The first-order chi connectivity index (χ1) is 11.4. The van der Waals surface area contributed by atoms with Crippen molar-refractivity contribution in [3.63, 3.8) is 0 Å². The number of rotatable bonds is 4. The van der Waals surface area contributed by atoms with Crippen LogP contribution in [0, 0.1) is 0 Å². The molecule has 0 bridgehead atoms. The fourth-order valence-corrected chi connectivity index (χ4v) is 2.59. The highest BCUT2D eigenvalue weighted by molar-refractivity contribution is 6.02. The SMILES string of the molecule is Cl.Cl.O=C(CNC(=O)C1CC(F)(F)CN1)Nc1cccc2cccnc12. The minimum atomic E-state index is -2.89. The smallest absolute Gasteiger partial charge is 0.262 e. The first kappa shape index (κ1) is 22.0. The van der Waals surface area contributed by atoms with Gasteiger partial charge in [-0.25, -0.2) is 8.78 Å². The molecule has 1 atom stereocenters. The van der Waals surface area contributed by atoms with Crippen LogP contribution in [0.25, 0.3) is 10.9 Å². The molecule has 2 aromatic rings. The monoisotopic (exact) mass is 406 g/mol.